The van der Waals surface area contributed by atoms with Crippen molar-refractivity contribution in [1.82, 2.24) is 9.55 Å². The molecule has 23 heavy (non-hydrogen) atoms. The summed E-state index contributed by atoms with van der Waals surface area (Å²) in [5.41, 5.74) is 2.68. The Bertz CT molecular complexity index is 1060. The van der Waals surface area contributed by atoms with Crippen molar-refractivity contribution < 1.29 is 29.6 Å². The van der Waals surface area contributed by atoms with Crippen molar-refractivity contribution in [2.24, 2.45) is 0 Å². The summed E-state index contributed by atoms with van der Waals surface area (Å²) >= 11 is 5.53. The molecule has 0 spiro atoms. The van der Waals surface area contributed by atoms with Gasteiger partial charge >= 0.3 is 29.6 Å². The molecule has 2 aromatic heterocycles. The van der Waals surface area contributed by atoms with Crippen LogP contribution < -0.4 is 29.6 Å². The molecule has 0 atom stereocenters. The maximum absolute atomic E-state index is 9.30. The van der Waals surface area contributed by atoms with Gasteiger partial charge in [-0.1, -0.05) is 30.3 Å². The topological polar surface area (TPSA) is 41.6 Å². The first-order valence-corrected chi connectivity index (χ1v) is 7.25. The summed E-state index contributed by atoms with van der Waals surface area (Å²) in [6.45, 7) is 0. The fraction of sp³-hybridized carbons (Fsp3) is 0. The zero-order chi connectivity index (χ0) is 15.1. The predicted molar refractivity (Wildman–Crippen MR) is 88.9 cm³/mol. The molecule has 0 radical (unpaired) electrons. The van der Waals surface area contributed by atoms with Crippen LogP contribution in [0, 0.1) is 11.3 Å². The van der Waals surface area contributed by atoms with Gasteiger partial charge in [0.25, 0.3) is 0 Å². The average Bonchev–Trinajstić information content (AvgIpc) is 2.89. The number of hydrogen-bond acceptors (Lipinski definition) is 3. The third-order valence-electron chi connectivity index (χ3n) is 3.83. The van der Waals surface area contributed by atoms with Gasteiger partial charge in [-0.15, -0.1) is 5.03 Å². The summed E-state index contributed by atoms with van der Waals surface area (Å²) < 4.78 is 2.04. The van der Waals surface area contributed by atoms with Gasteiger partial charge in [0.2, 0.25) is 0 Å². The molecule has 0 saturated carbocycles. The summed E-state index contributed by atoms with van der Waals surface area (Å²) in [4.78, 5) is 4.15. The van der Waals surface area contributed by atoms with Crippen molar-refractivity contribution in [1.29, 1.82) is 5.26 Å². The molecular formula is C18H10N3NaS. The second-order valence-electron chi connectivity index (χ2n) is 5.04. The van der Waals surface area contributed by atoms with Gasteiger partial charge in [0.1, 0.15) is 0 Å². The Balaban J connectivity index is 0.00000156. The monoisotopic (exact) mass is 323 g/mol. The van der Waals surface area contributed by atoms with Crippen LogP contribution in [0.15, 0.2) is 66.0 Å². The van der Waals surface area contributed by atoms with E-state index in [0.717, 1.165) is 32.4 Å². The van der Waals surface area contributed by atoms with E-state index < -0.39 is 0 Å². The third-order valence-corrected chi connectivity index (χ3v) is 4.13. The molecule has 0 unspecified atom stereocenters. The fourth-order valence-electron chi connectivity index (χ4n) is 2.85. The molecule has 0 aliphatic heterocycles. The molecule has 0 aliphatic rings. The molecule has 0 aliphatic carbocycles. The Morgan fingerprint density at radius 1 is 1.04 bits per heavy atom. The molecule has 2 aromatic carbocycles. The van der Waals surface area contributed by atoms with Gasteiger partial charge in [-0.25, -0.2) is 0 Å². The minimum atomic E-state index is 0. The molecule has 0 bridgehead atoms. The van der Waals surface area contributed by atoms with E-state index in [1.165, 1.54) is 0 Å². The first-order chi connectivity index (χ1) is 10.8. The molecule has 0 fully saturated rings. The Morgan fingerprint density at radius 2 is 1.83 bits per heavy atom. The van der Waals surface area contributed by atoms with Crippen LogP contribution in [0.25, 0.3) is 27.4 Å². The average molecular weight is 323 g/mol. The molecule has 3 nitrogen and oxygen atoms in total. The van der Waals surface area contributed by atoms with Crippen LogP contribution in [0.3, 0.4) is 0 Å². The molecule has 4 rings (SSSR count). The van der Waals surface area contributed by atoms with E-state index in [4.69, 9.17) is 12.6 Å². The van der Waals surface area contributed by atoms with Crippen LogP contribution in [0.5, 0.6) is 0 Å². The zero-order valence-electron chi connectivity index (χ0n) is 12.5. The molecule has 0 saturated heterocycles. The van der Waals surface area contributed by atoms with E-state index in [-0.39, 0.29) is 29.6 Å². The summed E-state index contributed by atoms with van der Waals surface area (Å²) in [5, 5.41) is 13.0. The van der Waals surface area contributed by atoms with Crippen molar-refractivity contribution in [2.75, 3.05) is 0 Å². The van der Waals surface area contributed by atoms with Crippen molar-refractivity contribution in [2.45, 2.75) is 5.03 Å². The standard InChI is InChI=1S/C18H11N3S.Na/c19-10-12-5-6-17(15-4-2-1-3-14(12)15)21-16-7-8-20-11-13(16)9-18(21)22;/h1-9,11,22H;/q;+1/p-1. The number of aromatic nitrogens is 2. The van der Waals surface area contributed by atoms with Crippen molar-refractivity contribution >= 4 is 34.3 Å². The number of benzene rings is 2. The molecular weight excluding hydrogens is 313 g/mol. The second-order valence-corrected chi connectivity index (χ2v) is 5.46. The van der Waals surface area contributed by atoms with E-state index in [1.54, 1.807) is 6.20 Å². The first-order valence-electron chi connectivity index (χ1n) is 6.84. The van der Waals surface area contributed by atoms with E-state index in [2.05, 4.69) is 11.1 Å². The fourth-order valence-corrected chi connectivity index (χ4v) is 3.18. The number of fused-ring (bicyclic) bond motifs is 2. The van der Waals surface area contributed by atoms with Crippen LogP contribution in [0.4, 0.5) is 0 Å². The number of rotatable bonds is 1. The van der Waals surface area contributed by atoms with Crippen molar-refractivity contribution in [3.05, 3.63) is 66.5 Å². The number of hydrogen-bond donors (Lipinski definition) is 0. The van der Waals surface area contributed by atoms with Gasteiger partial charge in [-0.2, -0.15) is 5.26 Å². The maximum Gasteiger partial charge on any atom is 1.00 e. The van der Waals surface area contributed by atoms with E-state index in [0.29, 0.717) is 5.56 Å². The minimum Gasteiger partial charge on any atom is -0.762 e. The molecule has 4 aromatic rings. The minimum absolute atomic E-state index is 0. The number of pyridine rings is 1. The normalized spacial score (nSPS) is 10.4. The Kier molecular flexibility index (Phi) is 4.38. The Hall–Kier alpha value is -1.90. The number of nitrogens with zero attached hydrogens (tertiary/aromatic N) is 3. The third kappa shape index (κ3) is 2.52. The molecule has 2 heterocycles. The van der Waals surface area contributed by atoms with E-state index >= 15 is 0 Å². The molecule has 0 N–H and O–H groups in total. The van der Waals surface area contributed by atoms with Crippen LogP contribution in [0.2, 0.25) is 0 Å². The molecule has 104 valence electrons. The van der Waals surface area contributed by atoms with Crippen LogP contribution in [-0.4, -0.2) is 9.55 Å². The van der Waals surface area contributed by atoms with Crippen LogP contribution >= 0.6 is 0 Å². The van der Waals surface area contributed by atoms with Gasteiger partial charge in [0.05, 0.1) is 22.8 Å². The smallest absolute Gasteiger partial charge is 0.762 e. The summed E-state index contributed by atoms with van der Waals surface area (Å²) in [5.74, 6) is 0. The van der Waals surface area contributed by atoms with Crippen LogP contribution in [0.1, 0.15) is 5.56 Å². The van der Waals surface area contributed by atoms with Crippen molar-refractivity contribution in [3.63, 3.8) is 0 Å². The largest absolute Gasteiger partial charge is 1.00 e. The molecule has 0 amide bonds. The Labute approximate surface area is 161 Å². The zero-order valence-corrected chi connectivity index (χ0v) is 15.3. The van der Waals surface area contributed by atoms with E-state index in [9.17, 15) is 5.26 Å². The predicted octanol–water partition coefficient (Wildman–Crippen LogP) is 0.960. The first kappa shape index (κ1) is 16.0. The van der Waals surface area contributed by atoms with Gasteiger partial charge in [-0.3, -0.25) is 4.98 Å². The summed E-state index contributed by atoms with van der Waals surface area (Å²) in [7, 11) is 0. The molecule has 5 heteroatoms. The van der Waals surface area contributed by atoms with Gasteiger partial charge in [0.15, 0.2) is 0 Å². The Morgan fingerprint density at radius 3 is 2.61 bits per heavy atom. The van der Waals surface area contributed by atoms with Crippen LogP contribution in [-0.2, 0) is 12.6 Å². The summed E-state index contributed by atoms with van der Waals surface area (Å²) in [6.07, 6.45) is 3.58. The number of nitriles is 1. The van der Waals surface area contributed by atoms with Gasteiger partial charge in [0, 0.05) is 28.6 Å². The quantitative estimate of drug-likeness (QED) is 0.387. The summed E-state index contributed by atoms with van der Waals surface area (Å²) in [6, 6.07) is 17.9. The van der Waals surface area contributed by atoms with Crippen molar-refractivity contribution in [3.8, 4) is 11.8 Å². The van der Waals surface area contributed by atoms with E-state index in [1.807, 2.05) is 59.3 Å². The second kappa shape index (κ2) is 6.31. The SMILES string of the molecule is N#Cc1ccc(-n2c([S-])cc3cnccc32)c2ccccc12.[Na+]. The van der Waals surface area contributed by atoms with Gasteiger partial charge < -0.3 is 17.2 Å². The van der Waals surface area contributed by atoms with Gasteiger partial charge in [-0.05, 0) is 18.2 Å². The maximum atomic E-state index is 9.30.